The molecule has 0 spiro atoms. The monoisotopic (exact) mass is 426 g/mol. The van der Waals surface area contributed by atoms with Crippen molar-refractivity contribution in [2.75, 3.05) is 34.6 Å². The number of hydrogen-bond acceptors (Lipinski definition) is 8. The molecule has 8 nitrogen and oxygen atoms in total. The van der Waals surface area contributed by atoms with E-state index in [0.29, 0.717) is 0 Å². The molecule has 2 aliphatic carbocycles. The van der Waals surface area contributed by atoms with E-state index in [-0.39, 0.29) is 12.1 Å². The Morgan fingerprint density at radius 1 is 0.966 bits per heavy atom. The molecule has 0 aromatic rings. The first-order valence-corrected chi connectivity index (χ1v) is 10.3. The van der Waals surface area contributed by atoms with E-state index in [9.17, 15) is 18.9 Å². The number of aldehydes is 1. The van der Waals surface area contributed by atoms with Crippen LogP contribution in [0.5, 0.6) is 0 Å². The largest absolute Gasteiger partial charge is 0.469 e. The fourth-order valence-electron chi connectivity index (χ4n) is 1.81. The second kappa shape index (κ2) is 15.4. The van der Waals surface area contributed by atoms with Gasteiger partial charge in [0.2, 0.25) is 0 Å². The van der Waals surface area contributed by atoms with Crippen LogP contribution in [0.4, 0.5) is 0 Å². The highest BCUT2D eigenvalue weighted by Gasteiger charge is 2.25. The van der Waals surface area contributed by atoms with E-state index in [0.717, 1.165) is 30.3 Å². The van der Waals surface area contributed by atoms with Gasteiger partial charge in [-0.2, -0.15) is 0 Å². The van der Waals surface area contributed by atoms with Crippen molar-refractivity contribution >= 4 is 25.8 Å². The SMILES string of the molecule is COC(=O)/C=C/C1=CC=CC1.COC(=O)CP(=O)(OC)OC.O=CC1=CC=CC1. The van der Waals surface area contributed by atoms with E-state index in [1.807, 2.05) is 36.5 Å². The van der Waals surface area contributed by atoms with Gasteiger partial charge in [-0.25, -0.2) is 4.79 Å². The van der Waals surface area contributed by atoms with Gasteiger partial charge in [0, 0.05) is 20.3 Å². The van der Waals surface area contributed by atoms with Crippen LogP contribution in [0.1, 0.15) is 12.8 Å². The number of hydrogen-bond donors (Lipinski definition) is 0. The fourth-order valence-corrected chi connectivity index (χ4v) is 2.66. The van der Waals surface area contributed by atoms with Crippen LogP contribution in [0, 0.1) is 0 Å². The summed E-state index contributed by atoms with van der Waals surface area (Å²) in [4.78, 5) is 31.1. The van der Waals surface area contributed by atoms with E-state index in [4.69, 9.17) is 0 Å². The highest BCUT2D eigenvalue weighted by atomic mass is 31.2. The predicted molar refractivity (Wildman–Crippen MR) is 109 cm³/mol. The second-order valence-corrected chi connectivity index (χ2v) is 7.70. The third-order valence-electron chi connectivity index (χ3n) is 3.49. The Bertz CT molecular complexity index is 736. The summed E-state index contributed by atoms with van der Waals surface area (Å²) < 4.78 is 28.9. The molecule has 0 amide bonds. The van der Waals surface area contributed by atoms with Crippen LogP contribution in [-0.4, -0.2) is 52.8 Å². The molecule has 0 saturated carbocycles. The first-order valence-electron chi connectivity index (χ1n) is 8.54. The zero-order chi connectivity index (χ0) is 22.1. The van der Waals surface area contributed by atoms with Crippen LogP contribution in [0.15, 0.2) is 59.8 Å². The lowest BCUT2D eigenvalue weighted by Crippen LogP contribution is -2.08. The average molecular weight is 426 g/mol. The van der Waals surface area contributed by atoms with Crippen LogP contribution < -0.4 is 0 Å². The molecular formula is C20H27O8P. The molecule has 0 aromatic carbocycles. The second-order valence-electron chi connectivity index (χ2n) is 5.43. The van der Waals surface area contributed by atoms with Crippen LogP contribution in [0.2, 0.25) is 0 Å². The Morgan fingerprint density at radius 3 is 1.86 bits per heavy atom. The van der Waals surface area contributed by atoms with Crippen molar-refractivity contribution in [2.24, 2.45) is 0 Å². The van der Waals surface area contributed by atoms with Crippen molar-refractivity contribution in [3.8, 4) is 0 Å². The smallest absolute Gasteiger partial charge is 0.341 e. The summed E-state index contributed by atoms with van der Waals surface area (Å²) in [6, 6.07) is 0. The quantitative estimate of drug-likeness (QED) is 0.264. The maximum atomic E-state index is 11.2. The van der Waals surface area contributed by atoms with Gasteiger partial charge in [0.05, 0.1) is 14.2 Å². The van der Waals surface area contributed by atoms with Crippen molar-refractivity contribution in [1.82, 2.24) is 0 Å². The normalized spacial score (nSPS) is 14.2. The van der Waals surface area contributed by atoms with E-state index >= 15 is 0 Å². The Labute approximate surface area is 171 Å². The van der Waals surface area contributed by atoms with Gasteiger partial charge < -0.3 is 18.5 Å². The molecule has 0 aliphatic heterocycles. The number of rotatable bonds is 7. The number of esters is 2. The predicted octanol–water partition coefficient (Wildman–Crippen LogP) is 3.32. The first kappa shape index (κ1) is 26.5. The minimum absolute atomic E-state index is 0.308. The van der Waals surface area contributed by atoms with Crippen molar-refractivity contribution in [1.29, 1.82) is 0 Å². The molecule has 0 atom stereocenters. The minimum atomic E-state index is -3.23. The van der Waals surface area contributed by atoms with Gasteiger partial charge in [0.1, 0.15) is 12.4 Å². The van der Waals surface area contributed by atoms with Crippen molar-refractivity contribution in [2.45, 2.75) is 12.8 Å². The molecule has 2 rings (SSSR count). The van der Waals surface area contributed by atoms with Crippen LogP contribution in [0.3, 0.4) is 0 Å². The zero-order valence-corrected chi connectivity index (χ0v) is 17.9. The molecule has 0 radical (unpaired) electrons. The average Bonchev–Trinajstić information content (AvgIpc) is 3.46. The van der Waals surface area contributed by atoms with Crippen molar-refractivity contribution in [3.05, 3.63) is 59.8 Å². The van der Waals surface area contributed by atoms with Crippen LogP contribution >= 0.6 is 7.60 Å². The molecule has 2 aliphatic rings. The molecule has 0 bridgehead atoms. The lowest BCUT2D eigenvalue weighted by atomic mass is 10.2. The van der Waals surface area contributed by atoms with Crippen LogP contribution in [-0.2, 0) is 37.5 Å². The zero-order valence-electron chi connectivity index (χ0n) is 17.0. The number of carbonyl (C=O) groups excluding carboxylic acids is 3. The Balaban J connectivity index is 0.000000416. The summed E-state index contributed by atoms with van der Waals surface area (Å²) in [5.41, 5.74) is 2.01. The first-order chi connectivity index (χ1) is 13.8. The van der Waals surface area contributed by atoms with Gasteiger partial charge in [-0.3, -0.25) is 14.2 Å². The number of methoxy groups -OCH3 is 2. The molecule has 0 aromatic heterocycles. The maximum absolute atomic E-state index is 11.2. The molecule has 0 unspecified atom stereocenters. The van der Waals surface area contributed by atoms with E-state index in [1.54, 1.807) is 6.08 Å². The van der Waals surface area contributed by atoms with Crippen molar-refractivity contribution in [3.63, 3.8) is 0 Å². The van der Waals surface area contributed by atoms with Gasteiger partial charge in [-0.1, -0.05) is 42.5 Å². The third-order valence-corrected chi connectivity index (χ3v) is 5.25. The molecule has 0 fully saturated rings. The molecular weight excluding hydrogens is 399 g/mol. The molecule has 29 heavy (non-hydrogen) atoms. The summed E-state index contributed by atoms with van der Waals surface area (Å²) in [5.74, 6) is -0.921. The van der Waals surface area contributed by atoms with Gasteiger partial charge in [0.25, 0.3) is 0 Å². The molecule has 0 heterocycles. The summed E-state index contributed by atoms with van der Waals surface area (Å²) in [6.45, 7) is 0. The van der Waals surface area contributed by atoms with Gasteiger partial charge in [-0.05, 0) is 24.0 Å². The number of allylic oxidation sites excluding steroid dienone is 9. The fraction of sp³-hybridized carbons (Fsp3) is 0.350. The standard InChI is InChI=1S/C9H10O2.C6H6O.C5H11O5P/c1-11-9(10)7-6-8-4-2-3-5-8;7-5-6-3-1-2-4-6;1-8-5(6)4-11(7,9-2)10-3/h2-4,6-7H,5H2,1H3;1-3,5H,4H2;4H2,1-3H3/b7-6+;;. The van der Waals surface area contributed by atoms with Gasteiger partial charge >= 0.3 is 19.5 Å². The highest BCUT2D eigenvalue weighted by molar-refractivity contribution is 7.54. The Morgan fingerprint density at radius 2 is 1.52 bits per heavy atom. The lowest BCUT2D eigenvalue weighted by Gasteiger charge is -2.10. The maximum Gasteiger partial charge on any atom is 0.341 e. The highest BCUT2D eigenvalue weighted by Crippen LogP contribution is 2.45. The van der Waals surface area contributed by atoms with E-state index in [2.05, 4.69) is 18.5 Å². The molecule has 0 saturated heterocycles. The van der Waals surface area contributed by atoms with Crippen LogP contribution in [0.25, 0.3) is 0 Å². The molecule has 9 heteroatoms. The number of ether oxygens (including phenoxy) is 2. The molecule has 0 N–H and O–H groups in total. The summed E-state index contributed by atoms with van der Waals surface area (Å²) in [7, 11) is 1.78. The lowest BCUT2D eigenvalue weighted by molar-refractivity contribution is -0.138. The Hall–Kier alpha value is -2.54. The topological polar surface area (TPSA) is 105 Å². The molecule has 160 valence electrons. The minimum Gasteiger partial charge on any atom is -0.469 e. The van der Waals surface area contributed by atoms with E-state index < -0.39 is 13.6 Å². The summed E-state index contributed by atoms with van der Waals surface area (Å²) >= 11 is 0. The van der Waals surface area contributed by atoms with E-state index in [1.165, 1.54) is 34.5 Å². The Kier molecular flexibility index (Phi) is 14.0. The third kappa shape index (κ3) is 12.5. The number of carbonyl (C=O) groups is 3. The summed E-state index contributed by atoms with van der Waals surface area (Å²) in [6.07, 6.45) is 17.1. The van der Waals surface area contributed by atoms with Gasteiger partial charge in [0.15, 0.2) is 0 Å². The summed E-state index contributed by atoms with van der Waals surface area (Å²) in [5, 5.41) is 0. The van der Waals surface area contributed by atoms with Gasteiger partial charge in [-0.15, -0.1) is 0 Å². The van der Waals surface area contributed by atoms with Crippen molar-refractivity contribution < 1.29 is 37.5 Å².